The topological polar surface area (TPSA) is 61.8 Å². The van der Waals surface area contributed by atoms with E-state index in [1.54, 1.807) is 0 Å². The molecule has 0 aliphatic rings. The number of nitrogens with two attached hydrogens (primary N) is 1. The molecule has 1 aromatic rings. The Bertz CT molecular complexity index is 471. The Balaban J connectivity index is 2.50. The molecule has 4 nitrogen and oxygen atoms in total. The summed E-state index contributed by atoms with van der Waals surface area (Å²) in [6.45, 7) is 7.11. The minimum atomic E-state index is -0.279. The molecule has 0 fully saturated rings. The third kappa shape index (κ3) is 5.21. The number of amidine groups is 1. The second kappa shape index (κ2) is 7.66. The number of hydrogen-bond donors (Lipinski definition) is 2. The zero-order valence-electron chi connectivity index (χ0n) is 13.3. The molecule has 0 radical (unpaired) electrons. The molecule has 3 N–H and O–H groups in total. The maximum atomic E-state index is 8.78. The number of benzene rings is 1. The Morgan fingerprint density at radius 1 is 1.38 bits per heavy atom. The van der Waals surface area contributed by atoms with Crippen LogP contribution in [0.4, 0.5) is 0 Å². The fraction of sp³-hybridized carbons (Fsp3) is 0.562. The summed E-state index contributed by atoms with van der Waals surface area (Å²) >= 11 is 5.92. The summed E-state index contributed by atoms with van der Waals surface area (Å²) in [6, 6.07) is 8.29. The van der Waals surface area contributed by atoms with Crippen LogP contribution in [0.5, 0.6) is 0 Å². The van der Waals surface area contributed by atoms with E-state index >= 15 is 0 Å². The van der Waals surface area contributed by atoms with E-state index < -0.39 is 0 Å². The third-order valence-electron chi connectivity index (χ3n) is 4.13. The largest absolute Gasteiger partial charge is 0.409 e. The second-order valence-electron chi connectivity index (χ2n) is 6.18. The van der Waals surface area contributed by atoms with E-state index in [4.69, 9.17) is 22.5 Å². The average Bonchev–Trinajstić information content (AvgIpc) is 2.46. The molecule has 0 aliphatic carbocycles. The van der Waals surface area contributed by atoms with Crippen LogP contribution in [-0.4, -0.2) is 29.5 Å². The van der Waals surface area contributed by atoms with Crippen molar-refractivity contribution < 1.29 is 5.21 Å². The van der Waals surface area contributed by atoms with Gasteiger partial charge in [0.2, 0.25) is 0 Å². The summed E-state index contributed by atoms with van der Waals surface area (Å²) in [5.41, 5.74) is 6.68. The van der Waals surface area contributed by atoms with Crippen LogP contribution in [0, 0.1) is 5.41 Å². The van der Waals surface area contributed by atoms with Gasteiger partial charge in [-0.25, -0.2) is 0 Å². The number of oxime groups is 1. The van der Waals surface area contributed by atoms with Crippen LogP contribution >= 0.6 is 11.6 Å². The van der Waals surface area contributed by atoms with Gasteiger partial charge < -0.3 is 10.9 Å². The highest BCUT2D eigenvalue weighted by molar-refractivity contribution is 6.30. The zero-order chi connectivity index (χ0) is 16.0. The normalized spacial score (nSPS) is 14.5. The van der Waals surface area contributed by atoms with E-state index in [1.165, 1.54) is 5.56 Å². The highest BCUT2D eigenvalue weighted by atomic mass is 35.5. The molecule has 1 aromatic carbocycles. The third-order valence-corrected chi connectivity index (χ3v) is 4.38. The SMILES string of the molecule is CC(c1ccc(Cl)cc1)N(C)CCCC(C)(C)C(N)=NO. The lowest BCUT2D eigenvalue weighted by Gasteiger charge is -2.28. The predicted molar refractivity (Wildman–Crippen MR) is 88.9 cm³/mol. The van der Waals surface area contributed by atoms with Gasteiger partial charge in [0.05, 0.1) is 0 Å². The number of nitrogens with zero attached hydrogens (tertiary/aromatic N) is 2. The van der Waals surface area contributed by atoms with Crippen molar-refractivity contribution in [3.05, 3.63) is 34.9 Å². The quantitative estimate of drug-likeness (QED) is 0.347. The molecule has 1 rings (SSSR count). The van der Waals surface area contributed by atoms with Crippen LogP contribution in [0.2, 0.25) is 5.02 Å². The van der Waals surface area contributed by atoms with Gasteiger partial charge in [0.1, 0.15) is 5.84 Å². The lowest BCUT2D eigenvalue weighted by Crippen LogP contribution is -2.33. The van der Waals surface area contributed by atoms with Crippen LogP contribution in [0.25, 0.3) is 0 Å². The van der Waals surface area contributed by atoms with Crippen molar-refractivity contribution >= 4 is 17.4 Å². The van der Waals surface area contributed by atoms with E-state index in [0.717, 1.165) is 24.4 Å². The molecule has 0 saturated carbocycles. The van der Waals surface area contributed by atoms with Crippen molar-refractivity contribution in [2.45, 2.75) is 39.7 Å². The maximum absolute atomic E-state index is 8.78. The van der Waals surface area contributed by atoms with Crippen LogP contribution in [0.15, 0.2) is 29.4 Å². The molecule has 0 aromatic heterocycles. The molecule has 5 heteroatoms. The van der Waals surface area contributed by atoms with Crippen molar-refractivity contribution in [3.8, 4) is 0 Å². The average molecular weight is 312 g/mol. The van der Waals surface area contributed by atoms with Gasteiger partial charge in [-0.15, -0.1) is 0 Å². The summed E-state index contributed by atoms with van der Waals surface area (Å²) in [5.74, 6) is 0.288. The van der Waals surface area contributed by atoms with Crippen molar-refractivity contribution in [1.29, 1.82) is 0 Å². The van der Waals surface area contributed by atoms with E-state index in [9.17, 15) is 0 Å². The molecule has 118 valence electrons. The van der Waals surface area contributed by atoms with Crippen molar-refractivity contribution in [3.63, 3.8) is 0 Å². The molecule has 0 saturated heterocycles. The first-order chi connectivity index (χ1) is 9.77. The van der Waals surface area contributed by atoms with Gasteiger partial charge in [0.25, 0.3) is 0 Å². The smallest absolute Gasteiger partial charge is 0.144 e. The molecule has 21 heavy (non-hydrogen) atoms. The number of rotatable bonds is 7. The van der Waals surface area contributed by atoms with E-state index in [1.807, 2.05) is 26.0 Å². The lowest BCUT2D eigenvalue weighted by molar-refractivity contribution is 0.244. The van der Waals surface area contributed by atoms with Crippen molar-refractivity contribution in [1.82, 2.24) is 4.90 Å². The standard InChI is InChI=1S/C16H26ClN3O/c1-12(13-6-8-14(17)9-7-13)20(4)11-5-10-16(2,3)15(18)19-21/h6-9,12,21H,5,10-11H2,1-4H3,(H2,18,19). The minimum absolute atomic E-state index is 0.279. The Kier molecular flexibility index (Phi) is 6.49. The first-order valence-corrected chi connectivity index (χ1v) is 7.59. The van der Waals surface area contributed by atoms with Gasteiger partial charge in [0, 0.05) is 16.5 Å². The van der Waals surface area contributed by atoms with Crippen molar-refractivity contribution in [2.24, 2.45) is 16.3 Å². The monoisotopic (exact) mass is 311 g/mol. The Morgan fingerprint density at radius 3 is 2.48 bits per heavy atom. The molecule has 0 aliphatic heterocycles. The Hall–Kier alpha value is -1.26. The molecule has 0 spiro atoms. The van der Waals surface area contributed by atoms with Gasteiger partial charge in [-0.05, 0) is 51.1 Å². The summed E-state index contributed by atoms with van der Waals surface area (Å²) < 4.78 is 0. The fourth-order valence-electron chi connectivity index (χ4n) is 2.22. The van der Waals surface area contributed by atoms with E-state index in [-0.39, 0.29) is 11.3 Å². The minimum Gasteiger partial charge on any atom is -0.409 e. The van der Waals surface area contributed by atoms with Crippen LogP contribution in [0.3, 0.4) is 0 Å². The molecular weight excluding hydrogens is 286 g/mol. The van der Waals surface area contributed by atoms with Gasteiger partial charge in [-0.2, -0.15) is 0 Å². The number of hydrogen-bond acceptors (Lipinski definition) is 3. The van der Waals surface area contributed by atoms with Gasteiger partial charge in [-0.1, -0.05) is 42.7 Å². The molecule has 0 amide bonds. The molecule has 0 heterocycles. The number of halogens is 1. The predicted octanol–water partition coefficient (Wildman–Crippen LogP) is 3.89. The van der Waals surface area contributed by atoms with Gasteiger partial charge in [0.15, 0.2) is 0 Å². The summed E-state index contributed by atoms with van der Waals surface area (Å²) in [5, 5.41) is 12.7. The highest BCUT2D eigenvalue weighted by Crippen LogP contribution is 2.25. The zero-order valence-corrected chi connectivity index (χ0v) is 14.1. The highest BCUT2D eigenvalue weighted by Gasteiger charge is 2.23. The second-order valence-corrected chi connectivity index (χ2v) is 6.62. The van der Waals surface area contributed by atoms with Crippen LogP contribution in [0.1, 0.15) is 45.2 Å². The van der Waals surface area contributed by atoms with Crippen LogP contribution < -0.4 is 5.73 Å². The van der Waals surface area contributed by atoms with E-state index in [2.05, 4.69) is 36.2 Å². The van der Waals surface area contributed by atoms with E-state index in [0.29, 0.717) is 6.04 Å². The summed E-state index contributed by atoms with van der Waals surface area (Å²) in [7, 11) is 2.11. The molecule has 1 unspecified atom stereocenters. The summed E-state index contributed by atoms with van der Waals surface area (Å²) in [6.07, 6.45) is 1.86. The summed E-state index contributed by atoms with van der Waals surface area (Å²) in [4.78, 5) is 2.30. The maximum Gasteiger partial charge on any atom is 0.144 e. The van der Waals surface area contributed by atoms with Gasteiger partial charge in [-0.3, -0.25) is 4.90 Å². The fourth-order valence-corrected chi connectivity index (χ4v) is 2.35. The lowest BCUT2D eigenvalue weighted by atomic mass is 9.86. The van der Waals surface area contributed by atoms with Crippen LogP contribution in [-0.2, 0) is 0 Å². The van der Waals surface area contributed by atoms with Crippen molar-refractivity contribution in [2.75, 3.05) is 13.6 Å². The Labute approximate surface area is 132 Å². The molecular formula is C16H26ClN3O. The first-order valence-electron chi connectivity index (χ1n) is 7.21. The Morgan fingerprint density at radius 2 is 1.95 bits per heavy atom. The first kappa shape index (κ1) is 17.8. The molecule has 1 atom stereocenters. The van der Waals surface area contributed by atoms with Gasteiger partial charge >= 0.3 is 0 Å². The molecule has 0 bridgehead atoms.